The van der Waals surface area contributed by atoms with E-state index in [2.05, 4.69) is 33.4 Å². The van der Waals surface area contributed by atoms with E-state index in [1.165, 1.54) is 5.57 Å². The van der Waals surface area contributed by atoms with Crippen molar-refractivity contribution in [1.29, 1.82) is 0 Å². The maximum Gasteiger partial charge on any atom is 0.201 e. The highest BCUT2D eigenvalue weighted by Gasteiger charge is 2.14. The molecular weight excluding hydrogens is 214 g/mol. The molecule has 2 heterocycles. The van der Waals surface area contributed by atoms with Crippen molar-refractivity contribution >= 4 is 18.0 Å². The molecule has 1 aromatic heterocycles. The fraction of sp³-hybridized carbons (Fsp3) is 0.667. The van der Waals surface area contributed by atoms with Crippen LogP contribution in [-0.4, -0.2) is 45.2 Å². The second-order valence-corrected chi connectivity index (χ2v) is 3.56. The molecule has 84 valence electrons. The highest BCUT2D eigenvalue weighted by atomic mass is 35.5. The van der Waals surface area contributed by atoms with E-state index in [-0.39, 0.29) is 12.4 Å². The Labute approximate surface area is 95.6 Å². The van der Waals surface area contributed by atoms with E-state index in [0.29, 0.717) is 0 Å². The molecule has 2 rings (SSSR count). The summed E-state index contributed by atoms with van der Waals surface area (Å²) >= 11 is 0. The molecular formula is C9H16ClN5. The van der Waals surface area contributed by atoms with Gasteiger partial charge in [0.2, 0.25) is 5.82 Å². The van der Waals surface area contributed by atoms with Gasteiger partial charge in [0, 0.05) is 18.7 Å². The Morgan fingerprint density at radius 1 is 1.47 bits per heavy atom. The van der Waals surface area contributed by atoms with Gasteiger partial charge in [-0.3, -0.25) is 0 Å². The summed E-state index contributed by atoms with van der Waals surface area (Å²) in [6, 6.07) is 0. The van der Waals surface area contributed by atoms with Gasteiger partial charge in [-0.05, 0) is 25.6 Å². The molecule has 0 radical (unpaired) electrons. The summed E-state index contributed by atoms with van der Waals surface area (Å²) < 4.78 is 0. The molecule has 0 unspecified atom stereocenters. The number of aromatic nitrogens is 4. The Morgan fingerprint density at radius 3 is 2.87 bits per heavy atom. The third kappa shape index (κ3) is 2.76. The highest BCUT2D eigenvalue weighted by molar-refractivity contribution is 5.85. The van der Waals surface area contributed by atoms with E-state index >= 15 is 0 Å². The molecule has 0 saturated carbocycles. The summed E-state index contributed by atoms with van der Waals surface area (Å²) in [6.45, 7) is 4.82. The Hall–Kier alpha value is -0.940. The van der Waals surface area contributed by atoms with Gasteiger partial charge >= 0.3 is 0 Å². The first-order chi connectivity index (χ1) is 6.79. The van der Waals surface area contributed by atoms with Crippen LogP contribution in [0.4, 0.5) is 0 Å². The largest absolute Gasteiger partial charge is 0.302 e. The number of rotatable bonds is 2. The van der Waals surface area contributed by atoms with Crippen LogP contribution in [-0.2, 0) is 6.54 Å². The molecule has 15 heavy (non-hydrogen) atoms. The van der Waals surface area contributed by atoms with Crippen molar-refractivity contribution in [2.75, 3.05) is 20.1 Å². The second kappa shape index (κ2) is 5.23. The van der Waals surface area contributed by atoms with Gasteiger partial charge < -0.3 is 4.90 Å². The number of nitrogens with zero attached hydrogens (tertiary/aromatic N) is 5. The van der Waals surface area contributed by atoms with Gasteiger partial charge in [-0.15, -0.1) is 22.6 Å². The summed E-state index contributed by atoms with van der Waals surface area (Å²) in [6.07, 6.45) is 3.28. The Balaban J connectivity index is 0.00000112. The van der Waals surface area contributed by atoms with E-state index in [9.17, 15) is 0 Å². The number of hydrogen-bond acceptors (Lipinski definition) is 4. The summed E-state index contributed by atoms with van der Waals surface area (Å²) in [5.41, 5.74) is 1.19. The van der Waals surface area contributed by atoms with Crippen molar-refractivity contribution in [1.82, 2.24) is 25.1 Å². The van der Waals surface area contributed by atoms with Crippen LogP contribution in [0, 0.1) is 0 Å². The minimum atomic E-state index is 0. The minimum Gasteiger partial charge on any atom is -0.302 e. The lowest BCUT2D eigenvalue weighted by Gasteiger charge is -2.20. The second-order valence-electron chi connectivity index (χ2n) is 3.56. The maximum atomic E-state index is 4.29. The predicted molar refractivity (Wildman–Crippen MR) is 60.8 cm³/mol. The molecule has 1 aromatic rings. The van der Waals surface area contributed by atoms with Crippen molar-refractivity contribution in [3.63, 3.8) is 0 Å². The first-order valence-electron chi connectivity index (χ1n) is 4.95. The average Bonchev–Trinajstić information content (AvgIpc) is 2.66. The molecule has 0 N–H and O–H groups in total. The Bertz CT molecular complexity index is 346. The van der Waals surface area contributed by atoms with Crippen LogP contribution in [0.3, 0.4) is 0 Å². The van der Waals surface area contributed by atoms with Gasteiger partial charge in [0.25, 0.3) is 0 Å². The predicted octanol–water partition coefficient (Wildman–Crippen LogP) is 0.834. The molecule has 1 aliphatic heterocycles. The summed E-state index contributed by atoms with van der Waals surface area (Å²) in [5, 5.41) is 12.3. The van der Waals surface area contributed by atoms with Crippen molar-refractivity contribution in [3.05, 3.63) is 11.9 Å². The monoisotopic (exact) mass is 229 g/mol. The molecule has 0 aliphatic carbocycles. The van der Waals surface area contributed by atoms with Crippen LogP contribution < -0.4 is 0 Å². The van der Waals surface area contributed by atoms with Crippen LogP contribution in [0.25, 0.3) is 5.57 Å². The zero-order valence-electron chi connectivity index (χ0n) is 9.05. The first kappa shape index (κ1) is 12.1. The van der Waals surface area contributed by atoms with Gasteiger partial charge in [0.1, 0.15) is 0 Å². The van der Waals surface area contributed by atoms with E-state index < -0.39 is 0 Å². The van der Waals surface area contributed by atoms with Gasteiger partial charge in [0.05, 0.1) is 6.54 Å². The van der Waals surface area contributed by atoms with E-state index in [0.717, 1.165) is 31.9 Å². The topological polar surface area (TPSA) is 46.8 Å². The zero-order chi connectivity index (χ0) is 9.97. The first-order valence-corrected chi connectivity index (χ1v) is 4.95. The molecule has 5 nitrogen and oxygen atoms in total. The lowest BCUT2D eigenvalue weighted by atomic mass is 10.1. The zero-order valence-corrected chi connectivity index (χ0v) is 9.87. The number of likely N-dealkylation sites (N-methyl/N-ethyl adjacent to an activating group) is 1. The molecule has 0 bridgehead atoms. The van der Waals surface area contributed by atoms with Crippen molar-refractivity contribution in [2.24, 2.45) is 0 Å². The summed E-state index contributed by atoms with van der Waals surface area (Å²) in [7, 11) is 2.11. The van der Waals surface area contributed by atoms with Crippen LogP contribution in [0.2, 0.25) is 0 Å². The minimum absolute atomic E-state index is 0. The molecule has 0 fully saturated rings. The van der Waals surface area contributed by atoms with Gasteiger partial charge in [-0.1, -0.05) is 6.08 Å². The fourth-order valence-electron chi connectivity index (χ4n) is 1.56. The van der Waals surface area contributed by atoms with Crippen molar-refractivity contribution in [2.45, 2.75) is 19.9 Å². The molecule has 0 atom stereocenters. The quantitative estimate of drug-likeness (QED) is 0.754. The van der Waals surface area contributed by atoms with Crippen molar-refractivity contribution < 1.29 is 0 Å². The Morgan fingerprint density at radius 2 is 2.27 bits per heavy atom. The lowest BCUT2D eigenvalue weighted by molar-refractivity contribution is 0.372. The number of tetrazole rings is 1. The van der Waals surface area contributed by atoms with Crippen LogP contribution >= 0.6 is 12.4 Å². The Kier molecular flexibility index (Phi) is 4.23. The number of aryl methyl sites for hydroxylation is 1. The van der Waals surface area contributed by atoms with Gasteiger partial charge in [0.15, 0.2) is 0 Å². The van der Waals surface area contributed by atoms with E-state index in [1.54, 1.807) is 4.80 Å². The average molecular weight is 230 g/mol. The normalized spacial score (nSPS) is 17.1. The van der Waals surface area contributed by atoms with Crippen LogP contribution in [0.15, 0.2) is 6.08 Å². The van der Waals surface area contributed by atoms with E-state index in [4.69, 9.17) is 0 Å². The lowest BCUT2D eigenvalue weighted by Crippen LogP contribution is -2.25. The van der Waals surface area contributed by atoms with Crippen LogP contribution in [0.5, 0.6) is 0 Å². The molecule has 0 saturated heterocycles. The molecule has 0 aromatic carbocycles. The van der Waals surface area contributed by atoms with Gasteiger partial charge in [-0.2, -0.15) is 4.80 Å². The van der Waals surface area contributed by atoms with Gasteiger partial charge in [-0.25, -0.2) is 0 Å². The highest BCUT2D eigenvalue weighted by Crippen LogP contribution is 2.15. The van der Waals surface area contributed by atoms with E-state index in [1.807, 2.05) is 6.92 Å². The molecule has 1 aliphatic rings. The summed E-state index contributed by atoms with van der Waals surface area (Å²) in [4.78, 5) is 3.88. The number of halogens is 1. The fourth-order valence-corrected chi connectivity index (χ4v) is 1.56. The summed E-state index contributed by atoms with van der Waals surface area (Å²) in [5.74, 6) is 0.776. The maximum absolute atomic E-state index is 4.29. The molecule has 0 spiro atoms. The third-order valence-electron chi connectivity index (χ3n) is 2.36. The SMILES string of the molecule is CCn1nnc(C2=CCCN(C)C2)n1.Cl. The van der Waals surface area contributed by atoms with Crippen molar-refractivity contribution in [3.8, 4) is 0 Å². The number of hydrogen-bond donors (Lipinski definition) is 0. The third-order valence-corrected chi connectivity index (χ3v) is 2.36. The molecule has 6 heteroatoms. The molecule has 0 amide bonds. The van der Waals surface area contributed by atoms with Crippen LogP contribution in [0.1, 0.15) is 19.2 Å². The smallest absolute Gasteiger partial charge is 0.201 e. The standard InChI is InChI=1S/C9H15N5.ClH/c1-3-14-11-9(10-12-14)8-5-4-6-13(2)7-8;/h5H,3-4,6-7H2,1-2H3;1H.